The van der Waals surface area contributed by atoms with Crippen molar-refractivity contribution in [3.63, 3.8) is 0 Å². The number of hydrogen-bond donors (Lipinski definition) is 1. The summed E-state index contributed by atoms with van der Waals surface area (Å²) in [6.45, 7) is 3.05. The van der Waals surface area contributed by atoms with E-state index in [-0.39, 0.29) is 11.4 Å². The maximum absolute atomic E-state index is 10.7. The fraction of sp³-hybridized carbons (Fsp3) is 0.300. The minimum Gasteiger partial charge on any atom is -0.479 e. The fourth-order valence-corrected chi connectivity index (χ4v) is 1.11. The van der Waals surface area contributed by atoms with Crippen LogP contribution in [-0.2, 0) is 4.79 Å². The number of carboxylic acid groups (broad SMARTS) is 1. The monoisotopic (exact) mass is 225 g/mol. The summed E-state index contributed by atoms with van der Waals surface area (Å²) in [4.78, 5) is 20.6. The van der Waals surface area contributed by atoms with E-state index in [1.807, 2.05) is 0 Å². The van der Waals surface area contributed by atoms with Gasteiger partial charge in [-0.05, 0) is 25.5 Å². The van der Waals surface area contributed by atoms with E-state index in [9.17, 15) is 14.9 Å². The van der Waals surface area contributed by atoms with Gasteiger partial charge in [-0.25, -0.2) is 4.79 Å². The van der Waals surface area contributed by atoms with Gasteiger partial charge < -0.3 is 9.84 Å². The van der Waals surface area contributed by atoms with Crippen molar-refractivity contribution in [2.24, 2.45) is 0 Å². The first kappa shape index (κ1) is 12.0. The van der Waals surface area contributed by atoms with E-state index in [4.69, 9.17) is 9.84 Å². The quantitative estimate of drug-likeness (QED) is 0.622. The predicted molar refractivity (Wildman–Crippen MR) is 55.6 cm³/mol. The molecule has 1 atom stereocenters. The van der Waals surface area contributed by atoms with Crippen LogP contribution in [0, 0.1) is 17.0 Å². The van der Waals surface area contributed by atoms with E-state index in [1.165, 1.54) is 19.1 Å². The Morgan fingerprint density at radius 3 is 2.69 bits per heavy atom. The van der Waals surface area contributed by atoms with Crippen molar-refractivity contribution in [1.82, 2.24) is 0 Å². The van der Waals surface area contributed by atoms with Gasteiger partial charge in [-0.3, -0.25) is 10.1 Å². The summed E-state index contributed by atoms with van der Waals surface area (Å²) in [5.41, 5.74) is 0.525. The molecular formula is C10H11NO5. The zero-order valence-electron chi connectivity index (χ0n) is 8.84. The maximum atomic E-state index is 10.7. The summed E-state index contributed by atoms with van der Waals surface area (Å²) >= 11 is 0. The van der Waals surface area contributed by atoms with Crippen molar-refractivity contribution in [3.8, 4) is 5.75 Å². The Kier molecular flexibility index (Phi) is 3.44. The number of nitro benzene ring substituents is 1. The Morgan fingerprint density at radius 1 is 1.56 bits per heavy atom. The number of ether oxygens (including phenoxy) is 1. The lowest BCUT2D eigenvalue weighted by molar-refractivity contribution is -0.386. The molecule has 0 heterocycles. The molecule has 1 aromatic rings. The first-order valence-electron chi connectivity index (χ1n) is 4.56. The molecule has 6 nitrogen and oxygen atoms in total. The SMILES string of the molecule is Cc1ccc([N+](=O)[O-])c(OC(C)C(=O)O)c1. The molecule has 86 valence electrons. The van der Waals surface area contributed by atoms with E-state index in [1.54, 1.807) is 13.0 Å². The molecule has 0 saturated carbocycles. The molecule has 0 amide bonds. The van der Waals surface area contributed by atoms with Gasteiger partial charge in [-0.2, -0.15) is 0 Å². The molecule has 16 heavy (non-hydrogen) atoms. The molecule has 0 saturated heterocycles. The Morgan fingerprint density at radius 2 is 2.19 bits per heavy atom. The van der Waals surface area contributed by atoms with Gasteiger partial charge in [0.05, 0.1) is 4.92 Å². The highest BCUT2D eigenvalue weighted by Gasteiger charge is 2.20. The van der Waals surface area contributed by atoms with Crippen molar-refractivity contribution in [1.29, 1.82) is 0 Å². The normalized spacial score (nSPS) is 11.9. The Balaban J connectivity index is 3.05. The van der Waals surface area contributed by atoms with Crippen molar-refractivity contribution in [2.45, 2.75) is 20.0 Å². The number of nitrogens with zero attached hydrogens (tertiary/aromatic N) is 1. The average Bonchev–Trinajstić information content (AvgIpc) is 2.16. The summed E-state index contributed by atoms with van der Waals surface area (Å²) < 4.78 is 5.01. The van der Waals surface area contributed by atoms with Gasteiger partial charge in [0.1, 0.15) is 0 Å². The van der Waals surface area contributed by atoms with Crippen molar-refractivity contribution in [3.05, 3.63) is 33.9 Å². The van der Waals surface area contributed by atoms with E-state index in [0.717, 1.165) is 5.56 Å². The molecule has 0 radical (unpaired) electrons. The van der Waals surface area contributed by atoms with Crippen LogP contribution in [0.5, 0.6) is 5.75 Å². The second kappa shape index (κ2) is 4.61. The molecule has 1 aromatic carbocycles. The van der Waals surface area contributed by atoms with Crippen molar-refractivity contribution in [2.75, 3.05) is 0 Å². The molecule has 1 N–H and O–H groups in total. The zero-order valence-corrected chi connectivity index (χ0v) is 8.84. The maximum Gasteiger partial charge on any atom is 0.344 e. The first-order valence-corrected chi connectivity index (χ1v) is 4.56. The molecule has 0 fully saturated rings. The number of nitro groups is 1. The van der Waals surface area contributed by atoms with Gasteiger partial charge in [0, 0.05) is 6.07 Å². The Hall–Kier alpha value is -2.11. The van der Waals surface area contributed by atoms with Gasteiger partial charge in [0.2, 0.25) is 0 Å². The summed E-state index contributed by atoms with van der Waals surface area (Å²) in [5.74, 6) is -1.20. The summed E-state index contributed by atoms with van der Waals surface area (Å²) in [6, 6.07) is 4.30. The van der Waals surface area contributed by atoms with Crippen LogP contribution >= 0.6 is 0 Å². The number of carbonyl (C=O) groups is 1. The lowest BCUT2D eigenvalue weighted by Gasteiger charge is -2.10. The van der Waals surface area contributed by atoms with Crippen LogP contribution < -0.4 is 4.74 Å². The van der Waals surface area contributed by atoms with Gasteiger partial charge >= 0.3 is 11.7 Å². The van der Waals surface area contributed by atoms with Crippen LogP contribution in [0.2, 0.25) is 0 Å². The second-order valence-corrected chi connectivity index (χ2v) is 3.33. The molecule has 0 aliphatic rings. The Bertz CT molecular complexity index is 429. The van der Waals surface area contributed by atoms with Gasteiger partial charge in [-0.1, -0.05) is 6.07 Å². The van der Waals surface area contributed by atoms with E-state index >= 15 is 0 Å². The third-order valence-corrected chi connectivity index (χ3v) is 1.96. The van der Waals surface area contributed by atoms with Crippen LogP contribution in [0.3, 0.4) is 0 Å². The molecule has 1 rings (SSSR count). The lowest BCUT2D eigenvalue weighted by Crippen LogP contribution is -2.23. The first-order chi connectivity index (χ1) is 7.41. The number of aliphatic carboxylic acids is 1. The third kappa shape index (κ3) is 2.69. The van der Waals surface area contributed by atoms with E-state index in [2.05, 4.69) is 0 Å². The number of hydrogen-bond acceptors (Lipinski definition) is 4. The van der Waals surface area contributed by atoms with Gasteiger partial charge in [0.15, 0.2) is 11.9 Å². The van der Waals surface area contributed by atoms with Crippen molar-refractivity contribution >= 4 is 11.7 Å². The number of aryl methyl sites for hydroxylation is 1. The van der Waals surface area contributed by atoms with Crippen LogP contribution in [0.1, 0.15) is 12.5 Å². The molecule has 0 bridgehead atoms. The number of benzene rings is 1. The third-order valence-electron chi connectivity index (χ3n) is 1.96. The van der Waals surface area contributed by atoms with Gasteiger partial charge in [-0.15, -0.1) is 0 Å². The summed E-state index contributed by atoms with van der Waals surface area (Å²) in [6.07, 6.45) is -1.12. The molecule has 0 spiro atoms. The Labute approximate surface area is 91.6 Å². The van der Waals surface area contributed by atoms with E-state index in [0.29, 0.717) is 0 Å². The highest BCUT2D eigenvalue weighted by atomic mass is 16.6. The topological polar surface area (TPSA) is 89.7 Å². The minimum absolute atomic E-state index is 0.0279. The van der Waals surface area contributed by atoms with Crippen LogP contribution in [-0.4, -0.2) is 22.1 Å². The smallest absolute Gasteiger partial charge is 0.344 e. The highest BCUT2D eigenvalue weighted by molar-refractivity contribution is 5.72. The van der Waals surface area contributed by atoms with Crippen LogP contribution in [0.4, 0.5) is 5.69 Å². The fourth-order valence-electron chi connectivity index (χ4n) is 1.11. The van der Waals surface area contributed by atoms with Gasteiger partial charge in [0.25, 0.3) is 0 Å². The average molecular weight is 225 g/mol. The molecular weight excluding hydrogens is 214 g/mol. The number of rotatable bonds is 4. The standard InChI is InChI=1S/C10H11NO5/c1-6-3-4-8(11(14)15)9(5-6)16-7(2)10(12)13/h3-5,7H,1-2H3,(H,12,13). The molecule has 0 aromatic heterocycles. The summed E-state index contributed by atoms with van der Waals surface area (Å²) in [7, 11) is 0. The highest BCUT2D eigenvalue weighted by Crippen LogP contribution is 2.28. The van der Waals surface area contributed by atoms with Crippen LogP contribution in [0.15, 0.2) is 18.2 Å². The zero-order chi connectivity index (χ0) is 12.3. The molecule has 1 unspecified atom stereocenters. The predicted octanol–water partition coefficient (Wildman–Crippen LogP) is 1.76. The molecule has 0 aliphatic heterocycles. The molecule has 0 aliphatic carbocycles. The number of carboxylic acids is 1. The van der Waals surface area contributed by atoms with Crippen LogP contribution in [0.25, 0.3) is 0 Å². The molecule has 6 heteroatoms. The second-order valence-electron chi connectivity index (χ2n) is 3.33. The van der Waals surface area contributed by atoms with E-state index < -0.39 is 17.0 Å². The minimum atomic E-state index is -1.17. The summed E-state index contributed by atoms with van der Waals surface area (Å²) in [5, 5.41) is 19.3. The largest absolute Gasteiger partial charge is 0.479 e. The lowest BCUT2D eigenvalue weighted by atomic mass is 10.2. The van der Waals surface area contributed by atoms with Crippen molar-refractivity contribution < 1.29 is 19.6 Å².